The number of nitrogen functional groups attached to an aromatic ring is 1. The summed E-state index contributed by atoms with van der Waals surface area (Å²) in [6, 6.07) is 6.30. The molecule has 3 amide bonds. The van der Waals surface area contributed by atoms with Crippen molar-refractivity contribution in [3.63, 3.8) is 0 Å². The maximum absolute atomic E-state index is 13.7. The Morgan fingerprint density at radius 2 is 1.59 bits per heavy atom. The van der Waals surface area contributed by atoms with Crippen LogP contribution in [0.15, 0.2) is 24.3 Å². The van der Waals surface area contributed by atoms with E-state index in [0.29, 0.717) is 82.6 Å². The Kier molecular flexibility index (Phi) is 11.4. The average Bonchev–Trinajstić information content (AvgIpc) is 3.73. The number of rotatable bonds is 14. The van der Waals surface area contributed by atoms with Gasteiger partial charge in [-0.15, -0.1) is 23.5 Å². The molecule has 0 unspecified atom stereocenters. The van der Waals surface area contributed by atoms with E-state index in [4.69, 9.17) is 24.7 Å². The number of benzene rings is 2. The summed E-state index contributed by atoms with van der Waals surface area (Å²) in [5.41, 5.74) is 7.98. The number of nitrogens with zero attached hydrogens (tertiary/aromatic N) is 2. The van der Waals surface area contributed by atoms with Gasteiger partial charge in [0, 0.05) is 37.3 Å². The second kappa shape index (κ2) is 15.4. The van der Waals surface area contributed by atoms with Gasteiger partial charge >= 0.3 is 0 Å². The lowest BCUT2D eigenvalue weighted by Crippen LogP contribution is -2.41. The Labute approximate surface area is 279 Å². The molecular formula is C33H44N4O7S2. The van der Waals surface area contributed by atoms with Gasteiger partial charge in [-0.3, -0.25) is 14.4 Å². The first-order valence-corrected chi connectivity index (χ1v) is 18.0. The molecule has 3 heterocycles. The zero-order valence-electron chi connectivity index (χ0n) is 27.0. The normalized spacial score (nSPS) is 19.1. The van der Waals surface area contributed by atoms with Gasteiger partial charge in [0.15, 0.2) is 23.0 Å². The van der Waals surface area contributed by atoms with Crippen LogP contribution < -0.4 is 30.0 Å². The number of fused-ring (bicyclic) bond motifs is 2. The maximum atomic E-state index is 13.7. The third-order valence-corrected chi connectivity index (χ3v) is 11.3. The lowest BCUT2D eigenvalue weighted by Gasteiger charge is -2.31. The van der Waals surface area contributed by atoms with Gasteiger partial charge in [-0.2, -0.15) is 0 Å². The minimum Gasteiger partial charge on any atom is -0.493 e. The Balaban J connectivity index is 1.21. The number of hydrogen-bond donors (Lipinski definition) is 2. The highest BCUT2D eigenvalue weighted by Crippen LogP contribution is 2.39. The first kappa shape index (κ1) is 33.9. The number of amides is 3. The number of anilines is 2. The Hall–Kier alpha value is -3.45. The van der Waals surface area contributed by atoms with Crippen molar-refractivity contribution in [1.29, 1.82) is 0 Å². The molecule has 46 heavy (non-hydrogen) atoms. The number of carbonyl (C=O) groups excluding carboxylic acids is 3. The van der Waals surface area contributed by atoms with Crippen LogP contribution in [-0.2, 0) is 4.79 Å². The summed E-state index contributed by atoms with van der Waals surface area (Å²) in [6.07, 6.45) is 3.92. The van der Waals surface area contributed by atoms with Crippen molar-refractivity contribution < 1.29 is 33.3 Å². The van der Waals surface area contributed by atoms with Crippen LogP contribution >= 0.6 is 23.5 Å². The smallest absolute Gasteiger partial charge is 0.256 e. The SMILES string of the molecule is CCSC(SCC)[C@@H]1CCCN1C(=O)c1cc(OC)c(OCCCOc2cc3c(cc2OC)C(=O)N2CCC[C@H]2C(=O)N3)cc1N. The summed E-state index contributed by atoms with van der Waals surface area (Å²) in [5, 5.41) is 2.89. The molecule has 0 aliphatic carbocycles. The second-order valence-electron chi connectivity index (χ2n) is 11.3. The number of carbonyl (C=O) groups is 3. The number of methoxy groups -OCH3 is 2. The Bertz CT molecular complexity index is 1440. The topological polar surface area (TPSA) is 133 Å². The first-order valence-electron chi connectivity index (χ1n) is 15.9. The molecule has 2 aromatic carbocycles. The molecule has 250 valence electrons. The van der Waals surface area contributed by atoms with Gasteiger partial charge in [0.1, 0.15) is 6.04 Å². The maximum Gasteiger partial charge on any atom is 0.256 e. The minimum atomic E-state index is -0.454. The largest absolute Gasteiger partial charge is 0.493 e. The number of likely N-dealkylation sites (tertiary alicyclic amines) is 1. The van der Waals surface area contributed by atoms with E-state index >= 15 is 0 Å². The Morgan fingerprint density at radius 3 is 2.26 bits per heavy atom. The van der Waals surface area contributed by atoms with Crippen LogP contribution in [0, 0.1) is 0 Å². The lowest BCUT2D eigenvalue weighted by atomic mass is 10.1. The summed E-state index contributed by atoms with van der Waals surface area (Å²) in [5.74, 6) is 3.25. The molecule has 0 saturated carbocycles. The van der Waals surface area contributed by atoms with Gasteiger partial charge in [-0.1, -0.05) is 13.8 Å². The van der Waals surface area contributed by atoms with Crippen LogP contribution in [0.5, 0.6) is 23.0 Å². The zero-order chi connectivity index (χ0) is 32.8. The molecule has 0 aromatic heterocycles. The number of hydrogen-bond acceptors (Lipinski definition) is 10. The average molecular weight is 673 g/mol. The predicted molar refractivity (Wildman–Crippen MR) is 183 cm³/mol. The van der Waals surface area contributed by atoms with Crippen molar-refractivity contribution in [2.24, 2.45) is 0 Å². The molecule has 0 spiro atoms. The van der Waals surface area contributed by atoms with Gasteiger partial charge in [0.25, 0.3) is 11.8 Å². The second-order valence-corrected chi connectivity index (χ2v) is 14.5. The van der Waals surface area contributed by atoms with Crippen LogP contribution in [-0.4, -0.2) is 96.2 Å². The van der Waals surface area contributed by atoms with E-state index in [1.807, 2.05) is 28.4 Å². The van der Waals surface area contributed by atoms with E-state index in [2.05, 4.69) is 19.2 Å². The standard InChI is InChI=1S/C33H44N4O7S2/c1-5-45-33(46-6-2)25-11-8-13-37(25)31(39)20-16-26(41-3)28(18-22(20)34)43-14-9-15-44-29-19-23-21(17-27(29)42-4)32(40)36-12-7-10-24(36)30(38)35-23/h16-19,24-25,33H,5-15,34H2,1-4H3,(H,35,38)/t24-,25-/m0/s1. The van der Waals surface area contributed by atoms with E-state index < -0.39 is 6.04 Å². The van der Waals surface area contributed by atoms with Gasteiger partial charge < -0.3 is 39.8 Å². The van der Waals surface area contributed by atoms with Gasteiger partial charge in [-0.05, 0) is 49.3 Å². The van der Waals surface area contributed by atoms with Crippen LogP contribution in [0.25, 0.3) is 0 Å². The Morgan fingerprint density at radius 1 is 0.935 bits per heavy atom. The summed E-state index contributed by atoms with van der Waals surface area (Å²) >= 11 is 3.79. The van der Waals surface area contributed by atoms with Gasteiger partial charge in [0.05, 0.1) is 54.9 Å². The van der Waals surface area contributed by atoms with Crippen molar-refractivity contribution >= 4 is 52.6 Å². The number of nitrogens with one attached hydrogen (secondary N) is 1. The van der Waals surface area contributed by atoms with Gasteiger partial charge in [-0.25, -0.2) is 0 Å². The lowest BCUT2D eigenvalue weighted by molar-refractivity contribution is -0.119. The first-order chi connectivity index (χ1) is 22.3. The van der Waals surface area contributed by atoms with Crippen LogP contribution in [0.2, 0.25) is 0 Å². The van der Waals surface area contributed by atoms with E-state index in [1.54, 1.807) is 36.3 Å². The molecule has 3 aliphatic rings. The van der Waals surface area contributed by atoms with E-state index in [-0.39, 0.29) is 30.4 Å². The molecule has 2 atom stereocenters. The molecule has 0 bridgehead atoms. The predicted octanol–water partition coefficient (Wildman–Crippen LogP) is 5.13. The molecule has 0 radical (unpaired) electrons. The van der Waals surface area contributed by atoms with Crippen molar-refractivity contribution in [2.45, 2.75) is 62.6 Å². The highest BCUT2D eigenvalue weighted by atomic mass is 32.2. The van der Waals surface area contributed by atoms with E-state index in [1.165, 1.54) is 7.11 Å². The highest BCUT2D eigenvalue weighted by Gasteiger charge is 2.39. The molecule has 2 aromatic rings. The fourth-order valence-corrected chi connectivity index (χ4v) is 9.17. The van der Waals surface area contributed by atoms with Crippen LogP contribution in [0.1, 0.15) is 66.7 Å². The molecular weight excluding hydrogens is 629 g/mol. The minimum absolute atomic E-state index is 0.0790. The van der Waals surface area contributed by atoms with E-state index in [9.17, 15) is 14.4 Å². The monoisotopic (exact) mass is 672 g/mol. The van der Waals surface area contributed by atoms with Crippen molar-refractivity contribution in [1.82, 2.24) is 9.80 Å². The summed E-state index contributed by atoms with van der Waals surface area (Å²) in [6.45, 7) is 6.15. The summed E-state index contributed by atoms with van der Waals surface area (Å²) in [7, 11) is 3.05. The highest BCUT2D eigenvalue weighted by molar-refractivity contribution is 8.17. The van der Waals surface area contributed by atoms with Crippen molar-refractivity contribution in [3.8, 4) is 23.0 Å². The quantitative estimate of drug-likeness (QED) is 0.158. The molecule has 3 aliphatic heterocycles. The number of thioether (sulfide) groups is 2. The van der Waals surface area contributed by atoms with Crippen molar-refractivity contribution in [2.75, 3.05) is 63.1 Å². The molecule has 13 heteroatoms. The van der Waals surface area contributed by atoms with Gasteiger partial charge in [0.2, 0.25) is 5.91 Å². The fraction of sp³-hybridized carbons (Fsp3) is 0.545. The van der Waals surface area contributed by atoms with Crippen molar-refractivity contribution in [3.05, 3.63) is 35.4 Å². The third kappa shape index (κ3) is 7.10. The summed E-state index contributed by atoms with van der Waals surface area (Å²) < 4.78 is 23.5. The third-order valence-electron chi connectivity index (χ3n) is 8.51. The van der Waals surface area contributed by atoms with Crippen LogP contribution in [0.3, 0.4) is 0 Å². The number of nitrogens with two attached hydrogens (primary N) is 1. The fourth-order valence-electron chi connectivity index (χ4n) is 6.30. The van der Waals surface area contributed by atoms with E-state index in [0.717, 1.165) is 30.8 Å². The zero-order valence-corrected chi connectivity index (χ0v) is 28.6. The number of ether oxygens (including phenoxy) is 4. The van der Waals surface area contributed by atoms with Crippen LogP contribution in [0.4, 0.5) is 11.4 Å². The molecule has 5 rings (SSSR count). The molecule has 3 N–H and O–H groups in total. The summed E-state index contributed by atoms with van der Waals surface area (Å²) in [4.78, 5) is 43.2. The molecule has 2 fully saturated rings. The molecule has 11 nitrogen and oxygen atoms in total. The molecule has 2 saturated heterocycles.